The van der Waals surface area contributed by atoms with Gasteiger partial charge in [0.1, 0.15) is 0 Å². The third-order valence-corrected chi connectivity index (χ3v) is 4.74. The first-order valence-corrected chi connectivity index (χ1v) is 8.32. The maximum Gasteiger partial charge on any atom is 0.228 e. The fourth-order valence-electron chi connectivity index (χ4n) is 3.33. The normalized spacial score (nSPS) is 23.0. The van der Waals surface area contributed by atoms with E-state index in [0.29, 0.717) is 17.7 Å². The molecule has 2 saturated heterocycles. The fourth-order valence-corrected chi connectivity index (χ4v) is 3.33. The van der Waals surface area contributed by atoms with Crippen LogP contribution in [0.15, 0.2) is 12.3 Å². The summed E-state index contributed by atoms with van der Waals surface area (Å²) >= 11 is 0. The van der Waals surface area contributed by atoms with E-state index in [0.717, 1.165) is 45.6 Å². The van der Waals surface area contributed by atoms with Crippen LogP contribution in [0.2, 0.25) is 0 Å². The van der Waals surface area contributed by atoms with Gasteiger partial charge in [0.25, 0.3) is 0 Å². The van der Waals surface area contributed by atoms with Gasteiger partial charge in [-0.25, -0.2) is 4.98 Å². The first-order valence-electron chi connectivity index (χ1n) is 8.32. The van der Waals surface area contributed by atoms with E-state index in [9.17, 15) is 4.79 Å². The van der Waals surface area contributed by atoms with Crippen molar-refractivity contribution < 1.29 is 9.53 Å². The van der Waals surface area contributed by atoms with Gasteiger partial charge in [0.05, 0.1) is 7.11 Å². The molecule has 0 saturated carbocycles. The van der Waals surface area contributed by atoms with Gasteiger partial charge >= 0.3 is 0 Å². The highest BCUT2D eigenvalue weighted by atomic mass is 16.5. The van der Waals surface area contributed by atoms with Crippen molar-refractivity contribution in [3.05, 3.63) is 12.3 Å². The van der Waals surface area contributed by atoms with Gasteiger partial charge in [-0.2, -0.15) is 4.98 Å². The molecule has 0 spiro atoms. The topological polar surface area (TPSA) is 70.6 Å². The minimum Gasteiger partial charge on any atom is -0.481 e. The molecule has 2 fully saturated rings. The molecule has 0 unspecified atom stereocenters. The van der Waals surface area contributed by atoms with Gasteiger partial charge in [-0.3, -0.25) is 4.79 Å². The quantitative estimate of drug-likeness (QED) is 0.876. The van der Waals surface area contributed by atoms with E-state index in [1.807, 2.05) is 4.90 Å². The maximum absolute atomic E-state index is 12.7. The molecule has 2 aliphatic heterocycles. The number of amides is 1. The number of carbonyl (C=O) groups excluding carboxylic acids is 1. The van der Waals surface area contributed by atoms with Crippen molar-refractivity contribution in [2.45, 2.75) is 25.8 Å². The molecule has 0 bridgehead atoms. The van der Waals surface area contributed by atoms with Crippen molar-refractivity contribution in [1.82, 2.24) is 20.2 Å². The minimum atomic E-state index is 0.123. The Hall–Kier alpha value is -1.89. The molecule has 7 nitrogen and oxygen atoms in total. The molecule has 0 aromatic carbocycles. The number of ether oxygens (including phenoxy) is 1. The summed E-state index contributed by atoms with van der Waals surface area (Å²) in [5, 5.41) is 3.33. The molecule has 23 heavy (non-hydrogen) atoms. The van der Waals surface area contributed by atoms with Gasteiger partial charge in [-0.05, 0) is 19.8 Å². The van der Waals surface area contributed by atoms with Crippen LogP contribution in [-0.2, 0) is 4.79 Å². The highest BCUT2D eigenvalue weighted by molar-refractivity contribution is 5.79. The maximum atomic E-state index is 12.7. The van der Waals surface area contributed by atoms with Crippen LogP contribution < -0.4 is 15.0 Å². The van der Waals surface area contributed by atoms with E-state index in [1.54, 1.807) is 19.4 Å². The van der Waals surface area contributed by atoms with Gasteiger partial charge in [0.15, 0.2) is 0 Å². The summed E-state index contributed by atoms with van der Waals surface area (Å²) in [6.07, 6.45) is 3.42. The standard InChI is InChI=1S/C16H25N5O2/c1-12-11-17-7-10-21(12)15(22)13-4-8-20(9-5-13)16-18-6-3-14(19-16)23-2/h3,6,12-13,17H,4-5,7-11H2,1-2H3/t12-/m0/s1. The third-order valence-electron chi connectivity index (χ3n) is 4.74. The summed E-state index contributed by atoms with van der Waals surface area (Å²) in [4.78, 5) is 25.6. The van der Waals surface area contributed by atoms with Crippen LogP contribution in [-0.4, -0.2) is 66.7 Å². The Morgan fingerprint density at radius 3 is 2.83 bits per heavy atom. The molecular formula is C16H25N5O2. The van der Waals surface area contributed by atoms with Crippen molar-refractivity contribution in [3.63, 3.8) is 0 Å². The second-order valence-electron chi connectivity index (χ2n) is 6.25. The number of nitrogens with zero attached hydrogens (tertiary/aromatic N) is 4. The molecule has 1 atom stereocenters. The molecule has 1 aromatic heterocycles. The molecule has 7 heteroatoms. The molecule has 126 valence electrons. The average molecular weight is 319 g/mol. The summed E-state index contributed by atoms with van der Waals surface area (Å²) in [5.41, 5.74) is 0. The van der Waals surface area contributed by atoms with Crippen LogP contribution in [0.3, 0.4) is 0 Å². The number of nitrogens with one attached hydrogen (secondary N) is 1. The van der Waals surface area contributed by atoms with Crippen molar-refractivity contribution in [2.75, 3.05) is 44.7 Å². The number of hydrogen-bond donors (Lipinski definition) is 1. The zero-order valence-electron chi connectivity index (χ0n) is 13.9. The Kier molecular flexibility index (Phi) is 4.95. The van der Waals surface area contributed by atoms with E-state index in [2.05, 4.69) is 27.1 Å². The summed E-state index contributed by atoms with van der Waals surface area (Å²) in [6.45, 7) is 6.34. The van der Waals surface area contributed by atoms with Crippen LogP contribution >= 0.6 is 0 Å². The number of carbonyl (C=O) groups is 1. The molecule has 1 amide bonds. The van der Waals surface area contributed by atoms with E-state index >= 15 is 0 Å². The van der Waals surface area contributed by atoms with Gasteiger partial charge in [0.2, 0.25) is 17.7 Å². The Morgan fingerprint density at radius 2 is 2.13 bits per heavy atom. The Bertz CT molecular complexity index is 545. The van der Waals surface area contributed by atoms with Crippen molar-refractivity contribution in [1.29, 1.82) is 0 Å². The number of piperidine rings is 1. The zero-order valence-corrected chi connectivity index (χ0v) is 13.9. The summed E-state index contributed by atoms with van der Waals surface area (Å²) in [5.74, 6) is 1.69. The number of methoxy groups -OCH3 is 1. The van der Waals surface area contributed by atoms with E-state index in [4.69, 9.17) is 4.74 Å². The molecule has 0 aliphatic carbocycles. The van der Waals surface area contributed by atoms with Crippen molar-refractivity contribution in [2.24, 2.45) is 5.92 Å². The van der Waals surface area contributed by atoms with Gasteiger partial charge in [-0.1, -0.05) is 0 Å². The molecular weight excluding hydrogens is 294 g/mol. The lowest BCUT2D eigenvalue weighted by atomic mass is 9.94. The Morgan fingerprint density at radius 1 is 1.35 bits per heavy atom. The average Bonchev–Trinajstić information content (AvgIpc) is 2.62. The predicted octanol–water partition coefficient (Wildman–Crippen LogP) is 0.522. The lowest BCUT2D eigenvalue weighted by molar-refractivity contribution is -0.139. The lowest BCUT2D eigenvalue weighted by Gasteiger charge is -2.39. The molecule has 3 heterocycles. The number of piperazine rings is 1. The van der Waals surface area contributed by atoms with Crippen LogP contribution in [0.5, 0.6) is 5.88 Å². The fraction of sp³-hybridized carbons (Fsp3) is 0.688. The first-order chi connectivity index (χ1) is 11.2. The highest BCUT2D eigenvalue weighted by Crippen LogP contribution is 2.24. The highest BCUT2D eigenvalue weighted by Gasteiger charge is 2.32. The number of hydrogen-bond acceptors (Lipinski definition) is 6. The van der Waals surface area contributed by atoms with Gasteiger partial charge < -0.3 is 19.9 Å². The third kappa shape index (κ3) is 3.55. The van der Waals surface area contributed by atoms with Crippen molar-refractivity contribution >= 4 is 11.9 Å². The smallest absolute Gasteiger partial charge is 0.228 e. The molecule has 1 aromatic rings. The zero-order chi connectivity index (χ0) is 16.2. The first kappa shape index (κ1) is 16.0. The monoisotopic (exact) mass is 319 g/mol. The Balaban J connectivity index is 1.58. The molecule has 1 N–H and O–H groups in total. The second kappa shape index (κ2) is 7.12. The summed E-state index contributed by atoms with van der Waals surface area (Å²) in [7, 11) is 1.60. The number of aromatic nitrogens is 2. The molecule has 0 radical (unpaired) electrons. The summed E-state index contributed by atoms with van der Waals surface area (Å²) in [6, 6.07) is 2.03. The van der Waals surface area contributed by atoms with E-state index < -0.39 is 0 Å². The van der Waals surface area contributed by atoms with Crippen LogP contribution in [0, 0.1) is 5.92 Å². The lowest BCUT2D eigenvalue weighted by Crippen LogP contribution is -2.54. The molecule has 3 rings (SSSR count). The van der Waals surface area contributed by atoms with E-state index in [-0.39, 0.29) is 12.0 Å². The predicted molar refractivity (Wildman–Crippen MR) is 87.6 cm³/mol. The van der Waals surface area contributed by atoms with Gasteiger partial charge in [-0.15, -0.1) is 0 Å². The SMILES string of the molecule is COc1ccnc(N2CCC(C(=O)N3CCNC[C@@H]3C)CC2)n1. The number of rotatable bonds is 3. The van der Waals surface area contributed by atoms with Crippen LogP contribution in [0.1, 0.15) is 19.8 Å². The van der Waals surface area contributed by atoms with Crippen LogP contribution in [0.25, 0.3) is 0 Å². The van der Waals surface area contributed by atoms with Gasteiger partial charge in [0, 0.05) is 56.9 Å². The summed E-state index contributed by atoms with van der Waals surface area (Å²) < 4.78 is 5.15. The minimum absolute atomic E-state index is 0.123. The largest absolute Gasteiger partial charge is 0.481 e. The molecule has 2 aliphatic rings. The van der Waals surface area contributed by atoms with Crippen molar-refractivity contribution in [3.8, 4) is 5.88 Å². The number of anilines is 1. The van der Waals surface area contributed by atoms with E-state index in [1.165, 1.54) is 0 Å². The second-order valence-corrected chi connectivity index (χ2v) is 6.25. The van der Waals surface area contributed by atoms with Crippen LogP contribution in [0.4, 0.5) is 5.95 Å². The Labute approximate surface area is 137 Å².